The number of rotatable bonds is 2. The van der Waals surface area contributed by atoms with Gasteiger partial charge in [-0.1, -0.05) is 0 Å². The average molecular weight is 271 g/mol. The molecule has 1 amide bonds. The largest absolute Gasteiger partial charge is 0.438 e. The molecule has 1 saturated heterocycles. The minimum Gasteiger partial charge on any atom is -0.438 e. The molecular formula is C15H17N3O2. The normalized spacial score (nSPS) is 19.1. The van der Waals surface area contributed by atoms with Gasteiger partial charge in [0.15, 0.2) is 6.39 Å². The van der Waals surface area contributed by atoms with Crippen molar-refractivity contribution in [3.63, 3.8) is 0 Å². The lowest BCUT2D eigenvalue weighted by Gasteiger charge is -2.32. The number of nitrogens with zero attached hydrogens (tertiary/aromatic N) is 3. The number of likely N-dealkylation sites (tertiary alicyclic amines) is 1. The molecule has 0 spiro atoms. The first-order chi connectivity index (χ1) is 9.74. The standard InChI is InChI=1S/C15H17N3O2/c1-11-7-12(4-5-17-11)13-3-2-6-18(9-13)15(19)14-8-16-10-20-14/h4-5,7-8,10,13H,2-3,6,9H2,1H3/t13-/m1/s1. The summed E-state index contributed by atoms with van der Waals surface area (Å²) in [5.74, 6) is 0.617. The molecule has 5 heteroatoms. The van der Waals surface area contributed by atoms with Crippen molar-refractivity contribution in [1.29, 1.82) is 0 Å². The Labute approximate surface area is 117 Å². The molecule has 0 radical (unpaired) electrons. The number of pyridine rings is 1. The molecule has 5 nitrogen and oxygen atoms in total. The van der Waals surface area contributed by atoms with Gasteiger partial charge in [0.25, 0.3) is 5.91 Å². The fourth-order valence-electron chi connectivity index (χ4n) is 2.73. The maximum Gasteiger partial charge on any atom is 0.291 e. The summed E-state index contributed by atoms with van der Waals surface area (Å²) in [6, 6.07) is 4.15. The smallest absolute Gasteiger partial charge is 0.291 e. The number of amides is 1. The van der Waals surface area contributed by atoms with Crippen molar-refractivity contribution < 1.29 is 9.21 Å². The van der Waals surface area contributed by atoms with Gasteiger partial charge in [0.2, 0.25) is 5.76 Å². The zero-order chi connectivity index (χ0) is 13.9. The van der Waals surface area contributed by atoms with Crippen LogP contribution in [0.25, 0.3) is 0 Å². The summed E-state index contributed by atoms with van der Waals surface area (Å²) < 4.78 is 5.10. The first-order valence-electron chi connectivity index (χ1n) is 6.84. The molecular weight excluding hydrogens is 254 g/mol. The second kappa shape index (κ2) is 5.45. The van der Waals surface area contributed by atoms with Crippen LogP contribution >= 0.6 is 0 Å². The predicted molar refractivity (Wildman–Crippen MR) is 73.4 cm³/mol. The molecule has 0 N–H and O–H groups in total. The fraction of sp³-hybridized carbons (Fsp3) is 0.400. The highest BCUT2D eigenvalue weighted by Gasteiger charge is 2.27. The van der Waals surface area contributed by atoms with Gasteiger partial charge in [0.1, 0.15) is 0 Å². The number of piperidine rings is 1. The van der Waals surface area contributed by atoms with Gasteiger partial charge in [-0.2, -0.15) is 0 Å². The summed E-state index contributed by atoms with van der Waals surface area (Å²) in [5, 5.41) is 0. The third-order valence-electron chi connectivity index (χ3n) is 3.74. The van der Waals surface area contributed by atoms with Crippen LogP contribution in [0.3, 0.4) is 0 Å². The molecule has 1 aliphatic rings. The number of carbonyl (C=O) groups is 1. The molecule has 0 saturated carbocycles. The van der Waals surface area contributed by atoms with Crippen LogP contribution < -0.4 is 0 Å². The Morgan fingerprint density at radius 2 is 2.40 bits per heavy atom. The van der Waals surface area contributed by atoms with Gasteiger partial charge in [-0.3, -0.25) is 9.78 Å². The van der Waals surface area contributed by atoms with E-state index >= 15 is 0 Å². The lowest BCUT2D eigenvalue weighted by atomic mass is 9.91. The van der Waals surface area contributed by atoms with Crippen molar-refractivity contribution in [2.24, 2.45) is 0 Å². The average Bonchev–Trinajstić information content (AvgIpc) is 3.01. The Hall–Kier alpha value is -2.17. The molecule has 0 aliphatic carbocycles. The number of hydrogen-bond donors (Lipinski definition) is 0. The summed E-state index contributed by atoms with van der Waals surface area (Å²) in [5.41, 5.74) is 2.27. The molecule has 0 aromatic carbocycles. The van der Waals surface area contributed by atoms with Crippen molar-refractivity contribution in [3.05, 3.63) is 47.9 Å². The molecule has 1 fully saturated rings. The van der Waals surface area contributed by atoms with Crippen molar-refractivity contribution in [3.8, 4) is 0 Å². The number of aromatic nitrogens is 2. The first kappa shape index (κ1) is 12.8. The lowest BCUT2D eigenvalue weighted by molar-refractivity contribution is 0.0675. The topological polar surface area (TPSA) is 59.2 Å². The maximum atomic E-state index is 12.3. The van der Waals surface area contributed by atoms with E-state index in [0.717, 1.165) is 31.6 Å². The molecule has 1 atom stereocenters. The van der Waals surface area contributed by atoms with E-state index in [2.05, 4.69) is 16.0 Å². The predicted octanol–water partition coefficient (Wildman–Crippen LogP) is 2.40. The fourth-order valence-corrected chi connectivity index (χ4v) is 2.73. The van der Waals surface area contributed by atoms with Gasteiger partial charge >= 0.3 is 0 Å². The molecule has 1 aliphatic heterocycles. The maximum absolute atomic E-state index is 12.3. The Balaban J connectivity index is 1.75. The van der Waals surface area contributed by atoms with E-state index in [-0.39, 0.29) is 5.91 Å². The summed E-state index contributed by atoms with van der Waals surface area (Å²) in [7, 11) is 0. The van der Waals surface area contributed by atoms with Crippen LogP contribution in [0.4, 0.5) is 0 Å². The van der Waals surface area contributed by atoms with Gasteiger partial charge < -0.3 is 9.32 Å². The summed E-state index contributed by atoms with van der Waals surface area (Å²) in [4.78, 5) is 22.2. The molecule has 2 aromatic heterocycles. The Morgan fingerprint density at radius 3 is 3.15 bits per heavy atom. The van der Waals surface area contributed by atoms with Crippen LogP contribution in [-0.2, 0) is 0 Å². The van der Waals surface area contributed by atoms with E-state index in [1.165, 1.54) is 18.2 Å². The van der Waals surface area contributed by atoms with Crippen molar-refractivity contribution in [2.75, 3.05) is 13.1 Å². The Kier molecular flexibility index (Phi) is 3.50. The quantitative estimate of drug-likeness (QED) is 0.841. The number of hydrogen-bond acceptors (Lipinski definition) is 4. The van der Waals surface area contributed by atoms with E-state index in [9.17, 15) is 4.79 Å². The Morgan fingerprint density at radius 1 is 1.50 bits per heavy atom. The van der Waals surface area contributed by atoms with E-state index in [1.807, 2.05) is 24.1 Å². The van der Waals surface area contributed by atoms with E-state index in [1.54, 1.807) is 0 Å². The zero-order valence-corrected chi connectivity index (χ0v) is 11.5. The molecule has 3 heterocycles. The third kappa shape index (κ3) is 2.57. The van der Waals surface area contributed by atoms with Gasteiger partial charge in [-0.15, -0.1) is 0 Å². The molecule has 3 rings (SSSR count). The van der Waals surface area contributed by atoms with E-state index < -0.39 is 0 Å². The van der Waals surface area contributed by atoms with Crippen LogP contribution in [0.2, 0.25) is 0 Å². The lowest BCUT2D eigenvalue weighted by Crippen LogP contribution is -2.39. The summed E-state index contributed by atoms with van der Waals surface area (Å²) in [6.07, 6.45) is 6.71. The SMILES string of the molecule is Cc1cc([C@@H]2CCCN(C(=O)c3cnco3)C2)ccn1. The summed E-state index contributed by atoms with van der Waals surface area (Å²) >= 11 is 0. The minimum atomic E-state index is -0.0713. The van der Waals surface area contributed by atoms with Crippen molar-refractivity contribution >= 4 is 5.91 Å². The second-order valence-electron chi connectivity index (χ2n) is 5.19. The molecule has 0 unspecified atom stereocenters. The second-order valence-corrected chi connectivity index (χ2v) is 5.19. The number of carbonyl (C=O) groups excluding carboxylic acids is 1. The minimum absolute atomic E-state index is 0.0713. The highest BCUT2D eigenvalue weighted by Crippen LogP contribution is 2.27. The monoisotopic (exact) mass is 271 g/mol. The third-order valence-corrected chi connectivity index (χ3v) is 3.74. The molecule has 0 bridgehead atoms. The molecule has 2 aromatic rings. The van der Waals surface area contributed by atoms with Crippen LogP contribution in [0, 0.1) is 6.92 Å². The highest BCUT2D eigenvalue weighted by molar-refractivity contribution is 5.91. The van der Waals surface area contributed by atoms with Gasteiger partial charge in [-0.05, 0) is 37.5 Å². The highest BCUT2D eigenvalue weighted by atomic mass is 16.3. The molecule has 104 valence electrons. The summed E-state index contributed by atoms with van der Waals surface area (Å²) in [6.45, 7) is 3.49. The van der Waals surface area contributed by atoms with Crippen molar-refractivity contribution in [1.82, 2.24) is 14.9 Å². The Bertz CT molecular complexity index is 595. The number of aryl methyl sites for hydroxylation is 1. The van der Waals surface area contributed by atoms with Crippen LogP contribution in [0.15, 0.2) is 35.3 Å². The van der Waals surface area contributed by atoms with Crippen LogP contribution in [-0.4, -0.2) is 33.9 Å². The van der Waals surface area contributed by atoms with Crippen molar-refractivity contribution in [2.45, 2.75) is 25.7 Å². The van der Waals surface area contributed by atoms with E-state index in [0.29, 0.717) is 11.7 Å². The first-order valence-corrected chi connectivity index (χ1v) is 6.84. The molecule has 20 heavy (non-hydrogen) atoms. The van der Waals surface area contributed by atoms with Gasteiger partial charge in [-0.25, -0.2) is 4.98 Å². The van der Waals surface area contributed by atoms with Gasteiger partial charge in [0.05, 0.1) is 6.20 Å². The van der Waals surface area contributed by atoms with Gasteiger partial charge in [0, 0.05) is 30.9 Å². The van der Waals surface area contributed by atoms with Crippen LogP contribution in [0.1, 0.15) is 40.6 Å². The zero-order valence-electron chi connectivity index (χ0n) is 11.5. The van der Waals surface area contributed by atoms with E-state index in [4.69, 9.17) is 4.42 Å². The number of oxazole rings is 1. The van der Waals surface area contributed by atoms with Crippen LogP contribution in [0.5, 0.6) is 0 Å².